The van der Waals surface area contributed by atoms with Gasteiger partial charge in [-0.25, -0.2) is 4.98 Å². The van der Waals surface area contributed by atoms with E-state index in [2.05, 4.69) is 34.0 Å². The molecule has 2 aromatic rings. The molecule has 0 atom stereocenters. The number of aliphatic hydroxyl groups is 1. The van der Waals surface area contributed by atoms with Crippen LogP contribution in [0.1, 0.15) is 24.4 Å². The van der Waals surface area contributed by atoms with Crippen LogP contribution < -0.4 is 4.90 Å². The molecule has 9 heteroatoms. The third kappa shape index (κ3) is 4.30. The predicted octanol–water partition coefficient (Wildman–Crippen LogP) is 4.92. The summed E-state index contributed by atoms with van der Waals surface area (Å²) in [6.45, 7) is 5.12. The van der Waals surface area contributed by atoms with Crippen molar-refractivity contribution in [1.82, 2.24) is 4.98 Å². The van der Waals surface area contributed by atoms with Crippen molar-refractivity contribution in [3.05, 3.63) is 34.8 Å². The van der Waals surface area contributed by atoms with Crippen molar-refractivity contribution in [2.24, 2.45) is 10.2 Å². The number of rotatable bonds is 6. The fourth-order valence-corrected chi connectivity index (χ4v) is 2.89. The molecule has 1 aromatic carbocycles. The van der Waals surface area contributed by atoms with Gasteiger partial charge in [-0.3, -0.25) is 0 Å². The van der Waals surface area contributed by atoms with E-state index in [0.29, 0.717) is 17.0 Å². The van der Waals surface area contributed by atoms with Crippen molar-refractivity contribution in [3.8, 4) is 0 Å². The van der Waals surface area contributed by atoms with E-state index in [1.165, 1.54) is 0 Å². The summed E-state index contributed by atoms with van der Waals surface area (Å²) in [5.41, 5.74) is 0.441. The van der Waals surface area contributed by atoms with Crippen molar-refractivity contribution in [2.45, 2.75) is 26.6 Å². The zero-order chi connectivity index (χ0) is 17.7. The molecular weight excluding hydrogens is 341 g/mol. The highest BCUT2D eigenvalue weighted by atomic mass is 32.1. The van der Waals surface area contributed by atoms with Crippen LogP contribution in [-0.4, -0.2) is 23.2 Å². The third-order valence-electron chi connectivity index (χ3n) is 3.33. The van der Waals surface area contributed by atoms with Crippen LogP contribution in [0.5, 0.6) is 0 Å². The molecule has 0 bridgehead atoms. The highest BCUT2D eigenvalue weighted by molar-refractivity contribution is 7.15. The maximum absolute atomic E-state index is 12.8. The fraction of sp³-hybridized carbons (Fsp3) is 0.400. The van der Waals surface area contributed by atoms with Crippen LogP contribution in [0.4, 0.5) is 29.7 Å². The number of nitrogens with zero attached hydrogens (tertiary/aromatic N) is 4. The van der Waals surface area contributed by atoms with Crippen LogP contribution >= 0.6 is 11.3 Å². The van der Waals surface area contributed by atoms with Gasteiger partial charge in [-0.1, -0.05) is 11.3 Å². The Hall–Kier alpha value is -2.00. The van der Waals surface area contributed by atoms with Gasteiger partial charge in [0.15, 0.2) is 5.69 Å². The normalized spacial score (nSPS) is 12.1. The number of alkyl halides is 3. The van der Waals surface area contributed by atoms with Crippen LogP contribution in [0, 0.1) is 0 Å². The molecule has 0 aliphatic rings. The molecule has 0 amide bonds. The van der Waals surface area contributed by atoms with Gasteiger partial charge in [0, 0.05) is 18.8 Å². The summed E-state index contributed by atoms with van der Waals surface area (Å²) in [5, 5.41) is 16.5. The Morgan fingerprint density at radius 3 is 2.21 bits per heavy atom. The Morgan fingerprint density at radius 2 is 1.75 bits per heavy atom. The summed E-state index contributed by atoms with van der Waals surface area (Å²) in [7, 11) is 0. The van der Waals surface area contributed by atoms with E-state index in [1.54, 1.807) is 12.1 Å². The monoisotopic (exact) mass is 358 g/mol. The molecule has 2 rings (SSSR count). The largest absolute Gasteiger partial charge is 0.434 e. The Morgan fingerprint density at radius 1 is 1.12 bits per heavy atom. The van der Waals surface area contributed by atoms with Gasteiger partial charge in [0.2, 0.25) is 5.13 Å². The quantitative estimate of drug-likeness (QED) is 0.746. The van der Waals surface area contributed by atoms with E-state index in [-0.39, 0.29) is 10.0 Å². The molecule has 0 spiro atoms. The van der Waals surface area contributed by atoms with Crippen molar-refractivity contribution in [3.63, 3.8) is 0 Å². The summed E-state index contributed by atoms with van der Waals surface area (Å²) >= 11 is 0.671. The van der Waals surface area contributed by atoms with Gasteiger partial charge in [-0.2, -0.15) is 13.2 Å². The molecule has 0 saturated carbocycles. The maximum atomic E-state index is 12.8. The zero-order valence-corrected chi connectivity index (χ0v) is 14.0. The predicted molar refractivity (Wildman–Crippen MR) is 87.2 cm³/mol. The summed E-state index contributed by atoms with van der Waals surface area (Å²) in [4.78, 5) is 5.29. The number of hydrogen-bond acceptors (Lipinski definition) is 6. The van der Waals surface area contributed by atoms with E-state index >= 15 is 0 Å². The van der Waals surface area contributed by atoms with Crippen LogP contribution in [-0.2, 0) is 12.8 Å². The number of anilines is 1. The van der Waals surface area contributed by atoms with Crippen molar-refractivity contribution in [2.75, 3.05) is 18.0 Å². The van der Waals surface area contributed by atoms with E-state index in [9.17, 15) is 13.2 Å². The molecule has 1 N–H and O–H groups in total. The molecule has 24 heavy (non-hydrogen) atoms. The van der Waals surface area contributed by atoms with Crippen LogP contribution in [0.25, 0.3) is 0 Å². The molecule has 0 unspecified atom stereocenters. The lowest BCUT2D eigenvalue weighted by Crippen LogP contribution is -2.21. The summed E-state index contributed by atoms with van der Waals surface area (Å²) in [6, 6.07) is 7.23. The molecule has 0 saturated heterocycles. The summed E-state index contributed by atoms with van der Waals surface area (Å²) in [6.07, 6.45) is -4.62. The lowest BCUT2D eigenvalue weighted by molar-refractivity contribution is -0.141. The van der Waals surface area contributed by atoms with Gasteiger partial charge < -0.3 is 10.0 Å². The molecule has 0 aliphatic carbocycles. The number of benzene rings is 1. The van der Waals surface area contributed by atoms with Crippen molar-refractivity contribution >= 4 is 27.8 Å². The molecular formula is C15H17F3N4OS. The molecule has 5 nitrogen and oxygen atoms in total. The van der Waals surface area contributed by atoms with Crippen molar-refractivity contribution in [1.29, 1.82) is 0 Å². The average molecular weight is 358 g/mol. The Kier molecular flexibility index (Phi) is 5.89. The van der Waals surface area contributed by atoms with Gasteiger partial charge in [-0.15, -0.1) is 10.2 Å². The zero-order valence-electron chi connectivity index (χ0n) is 13.2. The van der Waals surface area contributed by atoms with Gasteiger partial charge in [0.25, 0.3) is 0 Å². The Bertz CT molecular complexity index is 694. The lowest BCUT2D eigenvalue weighted by atomic mass is 10.2. The Balaban J connectivity index is 2.18. The first-order valence-electron chi connectivity index (χ1n) is 7.33. The first kappa shape index (κ1) is 18.3. The van der Waals surface area contributed by atoms with Gasteiger partial charge in [0.05, 0.1) is 17.2 Å². The summed E-state index contributed by atoms with van der Waals surface area (Å²) in [5.74, 6) is 0. The van der Waals surface area contributed by atoms with E-state index in [0.717, 1.165) is 18.8 Å². The Labute approximate surface area is 141 Å². The molecule has 130 valence electrons. The fourth-order valence-electron chi connectivity index (χ4n) is 2.13. The highest BCUT2D eigenvalue weighted by Gasteiger charge is 2.37. The standard InChI is InChI=1S/C15H17F3N4OS/c1-3-22(4-2)11-7-5-10(6-8-11)20-21-14-19-13(15(16,17)18)12(9-23)24-14/h5-8,23H,3-4,9H2,1-2H3. The third-order valence-corrected chi connectivity index (χ3v) is 4.25. The molecule has 0 fully saturated rings. The highest BCUT2D eigenvalue weighted by Crippen LogP contribution is 2.37. The lowest BCUT2D eigenvalue weighted by Gasteiger charge is -2.20. The van der Waals surface area contributed by atoms with Gasteiger partial charge in [-0.05, 0) is 38.1 Å². The van der Waals surface area contributed by atoms with E-state index in [4.69, 9.17) is 5.11 Å². The smallest absolute Gasteiger partial charge is 0.391 e. The minimum Gasteiger partial charge on any atom is -0.391 e. The van der Waals surface area contributed by atoms with E-state index < -0.39 is 18.5 Å². The molecule has 0 aliphatic heterocycles. The second-order valence-electron chi connectivity index (χ2n) is 4.81. The SMILES string of the molecule is CCN(CC)c1ccc(N=Nc2nc(C(F)(F)F)c(CO)s2)cc1. The van der Waals surface area contributed by atoms with Crippen LogP contribution in [0.3, 0.4) is 0 Å². The summed E-state index contributed by atoms with van der Waals surface area (Å²) < 4.78 is 38.3. The number of azo groups is 1. The maximum Gasteiger partial charge on any atom is 0.434 e. The van der Waals surface area contributed by atoms with Gasteiger partial charge in [0.1, 0.15) is 0 Å². The number of aromatic nitrogens is 1. The number of hydrogen-bond donors (Lipinski definition) is 1. The molecule has 1 aromatic heterocycles. The average Bonchev–Trinajstić information content (AvgIpc) is 2.99. The second kappa shape index (κ2) is 7.71. The molecule has 1 heterocycles. The first-order chi connectivity index (χ1) is 11.4. The van der Waals surface area contributed by atoms with E-state index in [1.807, 2.05) is 12.1 Å². The second-order valence-corrected chi connectivity index (χ2v) is 5.87. The van der Waals surface area contributed by atoms with Crippen LogP contribution in [0.15, 0.2) is 34.5 Å². The number of halogens is 3. The first-order valence-corrected chi connectivity index (χ1v) is 8.15. The number of thiazole rings is 1. The minimum atomic E-state index is -4.62. The topological polar surface area (TPSA) is 61.1 Å². The van der Waals surface area contributed by atoms with Crippen molar-refractivity contribution < 1.29 is 18.3 Å². The molecule has 0 radical (unpaired) electrons. The van der Waals surface area contributed by atoms with Crippen LogP contribution in [0.2, 0.25) is 0 Å². The minimum absolute atomic E-state index is 0.140. The van der Waals surface area contributed by atoms with Gasteiger partial charge >= 0.3 is 6.18 Å². The number of aliphatic hydroxyl groups excluding tert-OH is 1.